The van der Waals surface area contributed by atoms with Gasteiger partial charge in [0, 0.05) is 24.8 Å². The first-order valence-electron chi connectivity index (χ1n) is 7.67. The zero-order valence-corrected chi connectivity index (χ0v) is 15.3. The van der Waals surface area contributed by atoms with E-state index in [4.69, 9.17) is 0 Å². The van der Waals surface area contributed by atoms with Gasteiger partial charge in [-0.25, -0.2) is 15.0 Å². The fourth-order valence-electron chi connectivity index (χ4n) is 2.64. The second-order valence-corrected chi connectivity index (χ2v) is 7.42. The van der Waals surface area contributed by atoms with Gasteiger partial charge < -0.3 is 4.90 Å². The van der Waals surface area contributed by atoms with Gasteiger partial charge in [-0.1, -0.05) is 6.07 Å². The number of aryl methyl sites for hydroxylation is 1. The molecule has 6 nitrogen and oxygen atoms in total. The molecule has 0 aromatic carbocycles. The van der Waals surface area contributed by atoms with Crippen molar-refractivity contribution in [3.8, 4) is 9.88 Å². The molecule has 0 fully saturated rings. The van der Waals surface area contributed by atoms with Crippen LogP contribution in [-0.4, -0.2) is 37.2 Å². The Labute approximate surface area is 152 Å². The first kappa shape index (κ1) is 15.9. The lowest BCUT2D eigenvalue weighted by molar-refractivity contribution is 0.0776. The topological polar surface area (TPSA) is 63.4 Å². The molecule has 0 atom stereocenters. The summed E-state index contributed by atoms with van der Waals surface area (Å²) >= 11 is 3.26. The quantitative estimate of drug-likeness (QED) is 0.552. The molecule has 0 saturated carbocycles. The summed E-state index contributed by atoms with van der Waals surface area (Å²) in [6, 6.07) is 5.85. The zero-order chi connectivity index (χ0) is 17.4. The molecular weight excluding hydrogens is 354 g/mol. The minimum atomic E-state index is -0.0938. The molecule has 0 spiro atoms. The molecular formula is C17H15N5OS2. The maximum atomic E-state index is 12.9. The summed E-state index contributed by atoms with van der Waals surface area (Å²) in [5.74, 6) is 0.439. The van der Waals surface area contributed by atoms with E-state index in [0.717, 1.165) is 15.6 Å². The first-order chi connectivity index (χ1) is 12.1. The van der Waals surface area contributed by atoms with Crippen molar-refractivity contribution in [2.45, 2.75) is 13.5 Å². The molecule has 126 valence electrons. The van der Waals surface area contributed by atoms with Crippen LogP contribution in [-0.2, 0) is 6.54 Å². The smallest absolute Gasteiger partial charge is 0.272 e. The lowest BCUT2D eigenvalue weighted by Gasteiger charge is -2.16. The number of carbonyl (C=O) groups is 1. The van der Waals surface area contributed by atoms with Gasteiger partial charge in [-0.05, 0) is 24.4 Å². The number of amides is 1. The highest BCUT2D eigenvalue weighted by molar-refractivity contribution is 7.20. The summed E-state index contributed by atoms with van der Waals surface area (Å²) in [4.78, 5) is 28.9. The number of thiophene rings is 1. The van der Waals surface area contributed by atoms with Crippen LogP contribution in [0.25, 0.3) is 15.7 Å². The van der Waals surface area contributed by atoms with Crippen molar-refractivity contribution < 1.29 is 4.79 Å². The van der Waals surface area contributed by atoms with Crippen LogP contribution in [0.15, 0.2) is 41.4 Å². The largest absolute Gasteiger partial charge is 0.334 e. The van der Waals surface area contributed by atoms with Crippen LogP contribution < -0.4 is 0 Å². The number of rotatable bonds is 4. The number of carbonyl (C=O) groups excluding carboxylic acids is 1. The van der Waals surface area contributed by atoms with Gasteiger partial charge >= 0.3 is 0 Å². The van der Waals surface area contributed by atoms with Crippen molar-refractivity contribution in [3.05, 3.63) is 58.4 Å². The van der Waals surface area contributed by atoms with Gasteiger partial charge in [-0.3, -0.25) is 9.20 Å². The zero-order valence-electron chi connectivity index (χ0n) is 13.7. The van der Waals surface area contributed by atoms with Crippen molar-refractivity contribution in [3.63, 3.8) is 0 Å². The van der Waals surface area contributed by atoms with E-state index >= 15 is 0 Å². The Morgan fingerprint density at radius 2 is 2.16 bits per heavy atom. The van der Waals surface area contributed by atoms with Crippen molar-refractivity contribution in [2.24, 2.45) is 0 Å². The van der Waals surface area contributed by atoms with Gasteiger partial charge in [0.25, 0.3) is 5.91 Å². The summed E-state index contributed by atoms with van der Waals surface area (Å²) < 4.78 is 1.73. The SMILES string of the molecule is Cc1nc2ncccn2c1C(=O)N(C)Cc1csc(-c2cccs2)n1. The molecule has 25 heavy (non-hydrogen) atoms. The number of hydrogen-bond acceptors (Lipinski definition) is 6. The van der Waals surface area contributed by atoms with Gasteiger partial charge in [0.05, 0.1) is 22.8 Å². The molecule has 0 saturated heterocycles. The molecule has 4 aromatic heterocycles. The van der Waals surface area contributed by atoms with E-state index in [2.05, 4.69) is 21.0 Å². The van der Waals surface area contributed by atoms with E-state index in [1.165, 1.54) is 0 Å². The third kappa shape index (κ3) is 2.94. The van der Waals surface area contributed by atoms with Crippen LogP contribution in [0.2, 0.25) is 0 Å². The van der Waals surface area contributed by atoms with Crippen LogP contribution in [0.4, 0.5) is 0 Å². The molecule has 0 N–H and O–H groups in total. The number of nitrogens with zero attached hydrogens (tertiary/aromatic N) is 5. The summed E-state index contributed by atoms with van der Waals surface area (Å²) in [6.45, 7) is 2.28. The Morgan fingerprint density at radius 3 is 2.96 bits per heavy atom. The van der Waals surface area contributed by atoms with Crippen molar-refractivity contribution in [1.82, 2.24) is 24.3 Å². The molecule has 4 aromatic rings. The third-order valence-corrected chi connectivity index (χ3v) is 5.74. The maximum Gasteiger partial charge on any atom is 0.272 e. The molecule has 0 bridgehead atoms. The fraction of sp³-hybridized carbons (Fsp3) is 0.176. The number of thiazole rings is 1. The molecule has 4 rings (SSSR count). The normalized spacial score (nSPS) is 11.1. The van der Waals surface area contributed by atoms with Gasteiger partial charge in [-0.2, -0.15) is 0 Å². The predicted octanol–water partition coefficient (Wildman–Crippen LogP) is 3.49. The van der Waals surface area contributed by atoms with E-state index in [1.807, 2.05) is 23.8 Å². The molecule has 4 heterocycles. The summed E-state index contributed by atoms with van der Waals surface area (Å²) in [7, 11) is 1.78. The fourth-order valence-corrected chi connectivity index (χ4v) is 4.27. The molecule has 0 radical (unpaired) electrons. The summed E-state index contributed by atoms with van der Waals surface area (Å²) in [5.41, 5.74) is 2.10. The van der Waals surface area contributed by atoms with Crippen molar-refractivity contribution >= 4 is 34.4 Å². The van der Waals surface area contributed by atoms with Gasteiger partial charge in [0.1, 0.15) is 10.7 Å². The third-order valence-electron chi connectivity index (χ3n) is 3.81. The second-order valence-electron chi connectivity index (χ2n) is 5.62. The van der Waals surface area contributed by atoms with Crippen LogP contribution in [0, 0.1) is 6.92 Å². The Hall–Kier alpha value is -2.58. The van der Waals surface area contributed by atoms with E-state index in [1.54, 1.807) is 57.5 Å². The number of hydrogen-bond donors (Lipinski definition) is 0. The Morgan fingerprint density at radius 1 is 1.28 bits per heavy atom. The molecule has 1 amide bonds. The number of aromatic nitrogens is 4. The van der Waals surface area contributed by atoms with Crippen molar-refractivity contribution in [1.29, 1.82) is 0 Å². The van der Waals surface area contributed by atoms with Gasteiger partial charge in [-0.15, -0.1) is 22.7 Å². The molecule has 8 heteroatoms. The van der Waals surface area contributed by atoms with Crippen molar-refractivity contribution in [2.75, 3.05) is 7.05 Å². The summed E-state index contributed by atoms with van der Waals surface area (Å²) in [5, 5.41) is 5.02. The van der Waals surface area contributed by atoms with Crippen LogP contribution >= 0.6 is 22.7 Å². The highest BCUT2D eigenvalue weighted by Crippen LogP contribution is 2.28. The van der Waals surface area contributed by atoms with E-state index in [9.17, 15) is 4.79 Å². The summed E-state index contributed by atoms with van der Waals surface area (Å²) in [6.07, 6.45) is 3.47. The minimum Gasteiger partial charge on any atom is -0.334 e. The van der Waals surface area contributed by atoms with Gasteiger partial charge in [0.15, 0.2) is 0 Å². The van der Waals surface area contributed by atoms with Crippen LogP contribution in [0.5, 0.6) is 0 Å². The highest BCUT2D eigenvalue weighted by atomic mass is 32.1. The average Bonchev–Trinajstić information content (AvgIpc) is 3.32. The molecule has 0 aliphatic heterocycles. The second kappa shape index (κ2) is 6.38. The van der Waals surface area contributed by atoms with Crippen LogP contribution in [0.3, 0.4) is 0 Å². The average molecular weight is 369 g/mol. The predicted molar refractivity (Wildman–Crippen MR) is 98.9 cm³/mol. The number of imidazole rings is 1. The lowest BCUT2D eigenvalue weighted by Crippen LogP contribution is -2.28. The number of fused-ring (bicyclic) bond motifs is 1. The van der Waals surface area contributed by atoms with Gasteiger partial charge in [0.2, 0.25) is 5.78 Å². The standard InChI is InChI=1S/C17H15N5OS2/c1-11-14(22-7-4-6-18-17(22)19-11)16(23)21(2)9-12-10-25-15(20-12)13-5-3-8-24-13/h3-8,10H,9H2,1-2H3. The molecule has 0 unspecified atom stereocenters. The highest BCUT2D eigenvalue weighted by Gasteiger charge is 2.21. The van der Waals surface area contributed by atoms with E-state index < -0.39 is 0 Å². The lowest BCUT2D eigenvalue weighted by atomic mass is 10.3. The molecule has 0 aliphatic rings. The minimum absolute atomic E-state index is 0.0938. The first-order valence-corrected chi connectivity index (χ1v) is 9.43. The van der Waals surface area contributed by atoms with Crippen LogP contribution in [0.1, 0.15) is 21.9 Å². The Balaban J connectivity index is 1.57. The molecule has 0 aliphatic carbocycles. The maximum absolute atomic E-state index is 12.9. The monoisotopic (exact) mass is 369 g/mol. The van der Waals surface area contributed by atoms with E-state index in [-0.39, 0.29) is 5.91 Å². The Bertz CT molecular complexity index is 1030. The van der Waals surface area contributed by atoms with E-state index in [0.29, 0.717) is 23.7 Å². The Kier molecular flexibility index (Phi) is 4.06.